The van der Waals surface area contributed by atoms with Crippen LogP contribution in [-0.4, -0.2) is 46.5 Å². The molecule has 2 heterocycles. The molecule has 0 spiro atoms. The number of anilines is 1. The molecule has 0 radical (unpaired) electrons. The van der Waals surface area contributed by atoms with Gasteiger partial charge in [-0.15, -0.1) is 11.3 Å². The van der Waals surface area contributed by atoms with E-state index < -0.39 is 10.0 Å². The largest absolute Gasteiger partial charge is 0.369 e. The van der Waals surface area contributed by atoms with Crippen LogP contribution in [0.3, 0.4) is 0 Å². The quantitative estimate of drug-likeness (QED) is 0.838. The first kappa shape index (κ1) is 18.4. The minimum atomic E-state index is -3.43. The molecule has 1 N–H and O–H groups in total. The summed E-state index contributed by atoms with van der Waals surface area (Å²) in [6.45, 7) is 6.54. The maximum Gasteiger partial charge on any atom is 0.250 e. The van der Waals surface area contributed by atoms with Gasteiger partial charge in [-0.25, -0.2) is 13.1 Å². The van der Waals surface area contributed by atoms with Crippen LogP contribution in [-0.2, 0) is 23.0 Å². The number of benzene rings is 1. The van der Waals surface area contributed by atoms with E-state index in [0.717, 1.165) is 43.0 Å². The van der Waals surface area contributed by atoms with Gasteiger partial charge in [0.1, 0.15) is 4.21 Å². The van der Waals surface area contributed by atoms with Crippen LogP contribution in [0.2, 0.25) is 0 Å². The summed E-state index contributed by atoms with van der Waals surface area (Å²) in [5.41, 5.74) is 2.17. The van der Waals surface area contributed by atoms with E-state index in [1.165, 1.54) is 17.0 Å². The molecule has 0 atom stereocenters. The monoisotopic (exact) mass is 379 g/mol. The summed E-state index contributed by atoms with van der Waals surface area (Å²) in [6.07, 6.45) is 0.855. The summed E-state index contributed by atoms with van der Waals surface area (Å²) in [6, 6.07) is 11.7. The van der Waals surface area contributed by atoms with Gasteiger partial charge >= 0.3 is 0 Å². The highest BCUT2D eigenvalue weighted by molar-refractivity contribution is 7.91. The molecule has 1 aromatic heterocycles. The van der Waals surface area contributed by atoms with E-state index in [0.29, 0.717) is 10.8 Å². The van der Waals surface area contributed by atoms with E-state index in [1.54, 1.807) is 6.07 Å². The van der Waals surface area contributed by atoms with E-state index in [4.69, 9.17) is 0 Å². The number of hydrogen-bond donors (Lipinski definition) is 1. The third-order valence-electron chi connectivity index (χ3n) is 4.52. The number of nitrogens with one attached hydrogen (secondary N) is 1. The maximum absolute atomic E-state index is 12.4. The van der Waals surface area contributed by atoms with Gasteiger partial charge in [-0.3, -0.25) is 0 Å². The lowest BCUT2D eigenvalue weighted by Gasteiger charge is -2.34. The van der Waals surface area contributed by atoms with Crippen molar-refractivity contribution < 1.29 is 8.42 Å². The number of nitrogens with zero attached hydrogens (tertiary/aromatic N) is 2. The molecular weight excluding hydrogens is 354 g/mol. The van der Waals surface area contributed by atoms with Crippen molar-refractivity contribution in [2.24, 2.45) is 0 Å². The van der Waals surface area contributed by atoms with Gasteiger partial charge in [-0.2, -0.15) is 0 Å². The van der Waals surface area contributed by atoms with Gasteiger partial charge in [0.15, 0.2) is 0 Å². The van der Waals surface area contributed by atoms with Crippen LogP contribution < -0.4 is 9.62 Å². The fraction of sp³-hybridized carbons (Fsp3) is 0.444. The van der Waals surface area contributed by atoms with Gasteiger partial charge < -0.3 is 9.80 Å². The summed E-state index contributed by atoms with van der Waals surface area (Å²) in [7, 11) is -1.29. The average Bonchev–Trinajstić information content (AvgIpc) is 3.11. The van der Waals surface area contributed by atoms with Gasteiger partial charge in [0.05, 0.1) is 0 Å². The first-order valence-corrected chi connectivity index (χ1v) is 10.9. The Kier molecular flexibility index (Phi) is 5.78. The number of aryl methyl sites for hydroxylation is 1. The van der Waals surface area contributed by atoms with Crippen LogP contribution in [0.15, 0.2) is 40.6 Å². The molecule has 0 saturated carbocycles. The molecule has 1 aliphatic heterocycles. The topological polar surface area (TPSA) is 52.7 Å². The number of rotatable bonds is 6. The van der Waals surface area contributed by atoms with Crippen molar-refractivity contribution in [3.63, 3.8) is 0 Å². The predicted molar refractivity (Wildman–Crippen MR) is 104 cm³/mol. The first-order valence-electron chi connectivity index (χ1n) is 8.59. The molecule has 1 aliphatic rings. The summed E-state index contributed by atoms with van der Waals surface area (Å²) in [5, 5.41) is 0. The first-order chi connectivity index (χ1) is 12.0. The molecule has 5 nitrogen and oxygen atoms in total. The SMILES string of the molecule is CCc1ccc(S(=O)(=O)NCc2ccc(N3CCN(C)CC3)cc2)s1. The summed E-state index contributed by atoms with van der Waals surface area (Å²) >= 11 is 1.34. The normalized spacial score (nSPS) is 16.3. The zero-order valence-electron chi connectivity index (χ0n) is 14.7. The molecule has 3 rings (SSSR count). The summed E-state index contributed by atoms with van der Waals surface area (Å²) < 4.78 is 27.8. The lowest BCUT2D eigenvalue weighted by Crippen LogP contribution is -2.44. The molecular formula is C18H25N3O2S2. The number of likely N-dealkylation sites (N-methyl/N-ethyl adjacent to an activating group) is 1. The lowest BCUT2D eigenvalue weighted by molar-refractivity contribution is 0.313. The predicted octanol–water partition coefficient (Wildman–Crippen LogP) is 2.54. The zero-order chi connectivity index (χ0) is 17.9. The van der Waals surface area contributed by atoms with Gasteiger partial charge in [0.25, 0.3) is 0 Å². The van der Waals surface area contributed by atoms with E-state index >= 15 is 0 Å². The van der Waals surface area contributed by atoms with Gasteiger partial charge in [-0.1, -0.05) is 19.1 Å². The van der Waals surface area contributed by atoms with E-state index in [9.17, 15) is 8.42 Å². The third-order valence-corrected chi connectivity index (χ3v) is 7.64. The van der Waals surface area contributed by atoms with Crippen LogP contribution in [0.1, 0.15) is 17.4 Å². The second kappa shape index (κ2) is 7.86. The highest BCUT2D eigenvalue weighted by Crippen LogP contribution is 2.22. The van der Waals surface area contributed by atoms with Crippen molar-refractivity contribution in [3.05, 3.63) is 46.8 Å². The van der Waals surface area contributed by atoms with Gasteiger partial charge in [-0.05, 0) is 43.3 Å². The average molecular weight is 380 g/mol. The number of piperazine rings is 1. The van der Waals surface area contributed by atoms with Crippen molar-refractivity contribution in [1.82, 2.24) is 9.62 Å². The molecule has 0 bridgehead atoms. The van der Waals surface area contributed by atoms with Crippen LogP contribution in [0.5, 0.6) is 0 Å². The fourth-order valence-electron chi connectivity index (χ4n) is 2.83. The Bertz CT molecular complexity index is 792. The second-order valence-electron chi connectivity index (χ2n) is 6.36. The van der Waals surface area contributed by atoms with Crippen molar-refractivity contribution in [3.8, 4) is 0 Å². The van der Waals surface area contributed by atoms with Gasteiger partial charge in [0, 0.05) is 43.3 Å². The molecule has 1 fully saturated rings. The van der Waals surface area contributed by atoms with Crippen molar-refractivity contribution in [1.29, 1.82) is 0 Å². The van der Waals surface area contributed by atoms with Crippen LogP contribution in [0, 0.1) is 0 Å². The van der Waals surface area contributed by atoms with Gasteiger partial charge in [0.2, 0.25) is 10.0 Å². The number of sulfonamides is 1. The molecule has 2 aromatic rings. The van der Waals surface area contributed by atoms with Crippen LogP contribution >= 0.6 is 11.3 Å². The summed E-state index contributed by atoms with van der Waals surface area (Å²) in [5.74, 6) is 0. The molecule has 1 saturated heterocycles. The molecule has 136 valence electrons. The molecule has 7 heteroatoms. The Hall–Kier alpha value is -1.41. The Morgan fingerprint density at radius 1 is 1.04 bits per heavy atom. The molecule has 1 aromatic carbocycles. The molecule has 0 unspecified atom stereocenters. The highest BCUT2D eigenvalue weighted by atomic mass is 32.2. The van der Waals surface area contributed by atoms with Crippen molar-refractivity contribution in [2.45, 2.75) is 24.1 Å². The van der Waals surface area contributed by atoms with Crippen molar-refractivity contribution in [2.75, 3.05) is 38.1 Å². The third kappa shape index (κ3) is 4.61. The minimum Gasteiger partial charge on any atom is -0.369 e. The Morgan fingerprint density at radius 3 is 2.32 bits per heavy atom. The van der Waals surface area contributed by atoms with Crippen molar-refractivity contribution >= 4 is 27.0 Å². The fourth-order valence-corrected chi connectivity index (χ4v) is 5.19. The molecule has 0 amide bonds. The highest BCUT2D eigenvalue weighted by Gasteiger charge is 2.17. The van der Waals surface area contributed by atoms with Crippen LogP contribution in [0.4, 0.5) is 5.69 Å². The Balaban J connectivity index is 1.60. The summed E-state index contributed by atoms with van der Waals surface area (Å²) in [4.78, 5) is 5.77. The number of thiophene rings is 1. The smallest absolute Gasteiger partial charge is 0.250 e. The standard InChI is InChI=1S/C18H25N3O2S2/c1-3-17-8-9-18(24-17)25(22,23)19-14-15-4-6-16(7-5-15)21-12-10-20(2)11-13-21/h4-9,19H,3,10-14H2,1-2H3. The Morgan fingerprint density at radius 2 is 1.72 bits per heavy atom. The number of hydrogen-bond acceptors (Lipinski definition) is 5. The lowest BCUT2D eigenvalue weighted by atomic mass is 10.2. The molecule has 25 heavy (non-hydrogen) atoms. The Labute approximate surface area is 154 Å². The van der Waals surface area contributed by atoms with E-state index in [-0.39, 0.29) is 0 Å². The second-order valence-corrected chi connectivity index (χ2v) is 9.52. The molecule has 0 aliphatic carbocycles. The van der Waals surface area contributed by atoms with E-state index in [1.807, 2.05) is 25.1 Å². The van der Waals surface area contributed by atoms with Crippen LogP contribution in [0.25, 0.3) is 0 Å². The minimum absolute atomic E-state index is 0.310. The maximum atomic E-state index is 12.4. The zero-order valence-corrected chi connectivity index (χ0v) is 16.4. The van der Waals surface area contributed by atoms with E-state index in [2.05, 4.69) is 33.7 Å².